The van der Waals surface area contributed by atoms with Gasteiger partial charge in [-0.05, 0) is 45.7 Å². The Labute approximate surface area is 139 Å². The highest BCUT2D eigenvalue weighted by atomic mass is 32.2. The van der Waals surface area contributed by atoms with E-state index in [1.807, 2.05) is 32.9 Å². The van der Waals surface area contributed by atoms with Crippen LogP contribution in [-0.4, -0.2) is 26.3 Å². The molecule has 0 aliphatic heterocycles. The summed E-state index contributed by atoms with van der Waals surface area (Å²) in [4.78, 5) is 26.5. The SMILES string of the molecule is Cc1cc(C)c(NC(=O)C(C)Sc2nnc(C)c(=O)[nH]2)c(C)c1. The molecule has 0 bridgehead atoms. The van der Waals surface area contributed by atoms with Crippen LogP contribution < -0.4 is 10.9 Å². The summed E-state index contributed by atoms with van der Waals surface area (Å²) in [6.45, 7) is 9.31. The molecule has 122 valence electrons. The van der Waals surface area contributed by atoms with Crippen molar-refractivity contribution < 1.29 is 4.79 Å². The Kier molecular flexibility index (Phi) is 5.20. The van der Waals surface area contributed by atoms with Gasteiger partial charge in [0, 0.05) is 5.69 Å². The number of aryl methyl sites for hydroxylation is 4. The molecule has 6 nitrogen and oxygen atoms in total. The Morgan fingerprint density at radius 1 is 1.17 bits per heavy atom. The second-order valence-corrected chi connectivity index (χ2v) is 6.90. The van der Waals surface area contributed by atoms with Crippen LogP contribution in [0.15, 0.2) is 22.1 Å². The van der Waals surface area contributed by atoms with Gasteiger partial charge in [-0.3, -0.25) is 14.6 Å². The smallest absolute Gasteiger partial charge is 0.273 e. The molecule has 0 saturated carbocycles. The van der Waals surface area contributed by atoms with Crippen molar-refractivity contribution in [3.05, 3.63) is 44.9 Å². The predicted molar refractivity (Wildman–Crippen MR) is 92.0 cm³/mol. The lowest BCUT2D eigenvalue weighted by molar-refractivity contribution is -0.115. The van der Waals surface area contributed by atoms with Crippen molar-refractivity contribution in [2.75, 3.05) is 5.32 Å². The third-order valence-corrected chi connectivity index (χ3v) is 4.40. The van der Waals surface area contributed by atoms with Crippen molar-refractivity contribution >= 4 is 23.4 Å². The number of thioether (sulfide) groups is 1. The number of H-pyrrole nitrogens is 1. The summed E-state index contributed by atoms with van der Waals surface area (Å²) in [5, 5.41) is 10.5. The van der Waals surface area contributed by atoms with Gasteiger partial charge in [0.2, 0.25) is 5.91 Å². The van der Waals surface area contributed by atoms with Crippen LogP contribution in [0.3, 0.4) is 0 Å². The number of nitrogens with zero attached hydrogens (tertiary/aromatic N) is 2. The summed E-state index contributed by atoms with van der Waals surface area (Å²) in [5.41, 5.74) is 4.05. The molecule has 7 heteroatoms. The van der Waals surface area contributed by atoms with Crippen LogP contribution >= 0.6 is 11.8 Å². The minimum atomic E-state index is -0.414. The first-order valence-electron chi connectivity index (χ1n) is 7.27. The number of nitrogens with one attached hydrogen (secondary N) is 2. The fraction of sp³-hybridized carbons (Fsp3) is 0.375. The van der Waals surface area contributed by atoms with E-state index in [1.165, 1.54) is 11.8 Å². The van der Waals surface area contributed by atoms with Crippen molar-refractivity contribution in [2.24, 2.45) is 0 Å². The summed E-state index contributed by atoms with van der Waals surface area (Å²) < 4.78 is 0. The Morgan fingerprint density at radius 3 is 2.35 bits per heavy atom. The molecule has 0 aliphatic carbocycles. The first kappa shape index (κ1) is 17.2. The average Bonchev–Trinajstić information content (AvgIpc) is 2.46. The van der Waals surface area contributed by atoms with E-state index in [0.717, 1.165) is 22.4 Å². The lowest BCUT2D eigenvalue weighted by Crippen LogP contribution is -2.24. The molecule has 0 radical (unpaired) electrons. The van der Waals surface area contributed by atoms with Crippen LogP contribution in [0.4, 0.5) is 5.69 Å². The van der Waals surface area contributed by atoms with Crippen molar-refractivity contribution in [3.8, 4) is 0 Å². The van der Waals surface area contributed by atoms with Crippen molar-refractivity contribution in [3.63, 3.8) is 0 Å². The molecule has 1 unspecified atom stereocenters. The first-order valence-corrected chi connectivity index (χ1v) is 8.15. The van der Waals surface area contributed by atoms with Crippen LogP contribution in [0.25, 0.3) is 0 Å². The summed E-state index contributed by atoms with van der Waals surface area (Å²) >= 11 is 1.17. The molecule has 0 fully saturated rings. The number of carbonyl (C=O) groups excluding carboxylic acids is 1. The molecular weight excluding hydrogens is 312 g/mol. The molecule has 2 aromatic rings. The van der Waals surface area contributed by atoms with Crippen LogP contribution in [0.1, 0.15) is 29.3 Å². The van der Waals surface area contributed by atoms with Gasteiger partial charge in [-0.2, -0.15) is 0 Å². The summed E-state index contributed by atoms with van der Waals surface area (Å²) in [6, 6.07) is 4.06. The molecule has 1 atom stereocenters. The first-order chi connectivity index (χ1) is 10.8. The van der Waals surface area contributed by atoms with Crippen molar-refractivity contribution in [2.45, 2.75) is 45.0 Å². The van der Waals surface area contributed by atoms with Gasteiger partial charge < -0.3 is 5.32 Å². The summed E-state index contributed by atoms with van der Waals surface area (Å²) in [5.74, 6) is -0.145. The number of rotatable bonds is 4. The maximum Gasteiger partial charge on any atom is 0.273 e. The topological polar surface area (TPSA) is 87.7 Å². The maximum atomic E-state index is 12.4. The quantitative estimate of drug-likeness (QED) is 0.840. The van der Waals surface area contributed by atoms with Crippen molar-refractivity contribution in [1.82, 2.24) is 15.2 Å². The fourth-order valence-electron chi connectivity index (χ4n) is 2.25. The van der Waals surface area contributed by atoms with Gasteiger partial charge >= 0.3 is 0 Å². The van der Waals surface area contributed by atoms with Crippen LogP contribution in [0.5, 0.6) is 0 Å². The highest BCUT2D eigenvalue weighted by Gasteiger charge is 2.18. The highest BCUT2D eigenvalue weighted by Crippen LogP contribution is 2.24. The second kappa shape index (κ2) is 6.95. The number of aromatic nitrogens is 3. The Bertz CT molecular complexity index is 778. The molecule has 1 aromatic carbocycles. The minimum Gasteiger partial charge on any atom is -0.325 e. The van der Waals surface area contributed by atoms with Gasteiger partial charge in [0.15, 0.2) is 5.16 Å². The summed E-state index contributed by atoms with van der Waals surface area (Å²) in [6.07, 6.45) is 0. The Hall–Kier alpha value is -2.15. The monoisotopic (exact) mass is 332 g/mol. The van der Waals surface area contributed by atoms with E-state index in [-0.39, 0.29) is 11.5 Å². The number of anilines is 1. The highest BCUT2D eigenvalue weighted by molar-refractivity contribution is 8.00. The van der Waals surface area contributed by atoms with Gasteiger partial charge in [-0.25, -0.2) is 0 Å². The Morgan fingerprint density at radius 2 is 1.78 bits per heavy atom. The molecule has 2 rings (SSSR count). The maximum absolute atomic E-state index is 12.4. The lowest BCUT2D eigenvalue weighted by Gasteiger charge is -2.15. The van der Waals surface area contributed by atoms with Gasteiger partial charge in [-0.1, -0.05) is 29.5 Å². The lowest BCUT2D eigenvalue weighted by atomic mass is 10.1. The third kappa shape index (κ3) is 4.19. The molecule has 2 N–H and O–H groups in total. The van der Waals surface area contributed by atoms with E-state index in [9.17, 15) is 9.59 Å². The molecule has 1 amide bonds. The van der Waals surface area contributed by atoms with Crippen LogP contribution in [-0.2, 0) is 4.79 Å². The van der Waals surface area contributed by atoms with E-state index in [1.54, 1.807) is 13.8 Å². The molecule has 1 heterocycles. The van der Waals surface area contributed by atoms with E-state index in [0.29, 0.717) is 10.9 Å². The fourth-order valence-corrected chi connectivity index (χ4v) is 2.99. The number of aromatic amines is 1. The van der Waals surface area contributed by atoms with Gasteiger partial charge in [0.25, 0.3) is 5.56 Å². The molecule has 0 saturated heterocycles. The van der Waals surface area contributed by atoms with Crippen LogP contribution in [0.2, 0.25) is 0 Å². The molecule has 1 aromatic heterocycles. The zero-order chi connectivity index (χ0) is 17.1. The van der Waals surface area contributed by atoms with Crippen molar-refractivity contribution in [1.29, 1.82) is 0 Å². The number of hydrogen-bond donors (Lipinski definition) is 2. The van der Waals surface area contributed by atoms with E-state index in [4.69, 9.17) is 0 Å². The normalized spacial score (nSPS) is 12.0. The Balaban J connectivity index is 2.11. The molecular formula is C16H20N4O2S. The predicted octanol–water partition coefficient (Wildman–Crippen LogP) is 2.52. The zero-order valence-corrected chi connectivity index (χ0v) is 14.7. The van der Waals surface area contributed by atoms with Gasteiger partial charge in [-0.15, -0.1) is 10.2 Å². The largest absolute Gasteiger partial charge is 0.325 e. The second-order valence-electron chi connectivity index (χ2n) is 5.57. The number of amides is 1. The molecule has 0 spiro atoms. The molecule has 0 aliphatic rings. The third-order valence-electron chi connectivity index (χ3n) is 3.42. The number of hydrogen-bond acceptors (Lipinski definition) is 5. The van der Waals surface area contributed by atoms with E-state index < -0.39 is 5.25 Å². The zero-order valence-electron chi connectivity index (χ0n) is 13.9. The summed E-state index contributed by atoms with van der Waals surface area (Å²) in [7, 11) is 0. The number of carbonyl (C=O) groups is 1. The average molecular weight is 332 g/mol. The van der Waals surface area contributed by atoms with Gasteiger partial charge in [0.05, 0.1) is 5.25 Å². The van der Waals surface area contributed by atoms with E-state index >= 15 is 0 Å². The molecule has 23 heavy (non-hydrogen) atoms. The number of benzene rings is 1. The van der Waals surface area contributed by atoms with Gasteiger partial charge in [0.1, 0.15) is 5.69 Å². The van der Waals surface area contributed by atoms with E-state index in [2.05, 4.69) is 20.5 Å². The standard InChI is InChI=1S/C16H20N4O2S/c1-8-6-9(2)13(10(3)7-8)17-15(22)12(5)23-16-18-14(21)11(4)19-20-16/h6-7,12H,1-5H3,(H,17,22)(H,18,20,21). The minimum absolute atomic E-state index is 0.145. The van der Waals surface area contributed by atoms with Crippen LogP contribution in [0, 0.1) is 27.7 Å².